The van der Waals surface area contributed by atoms with Gasteiger partial charge < -0.3 is 57.4 Å². The number of primary amides is 2. The van der Waals surface area contributed by atoms with E-state index >= 15 is 0 Å². The first-order valence-corrected chi connectivity index (χ1v) is 40.7. The number of phenolic OH excluding ortho intramolecular Hbond substituents is 2. The monoisotopic (exact) mass is 1700 g/mol. The predicted molar refractivity (Wildman–Crippen MR) is 291 cm³/mol. The number of hydrogen-bond acceptors (Lipinski definition) is 17. The number of aromatic hydroxyl groups is 2. The van der Waals surface area contributed by atoms with Crippen LogP contribution in [0.2, 0.25) is 0 Å². The number of benzene rings is 2. The smallest absolute Gasteiger partial charge is 0.475 e. The van der Waals surface area contributed by atoms with Crippen LogP contribution in [0.3, 0.4) is 0 Å². The van der Waals surface area contributed by atoms with Crippen LogP contribution in [0.25, 0.3) is 11.5 Å². The minimum atomic E-state index is -5.08. The summed E-state index contributed by atoms with van der Waals surface area (Å²) in [5, 5.41) is 93.6. The van der Waals surface area contributed by atoms with Crippen molar-refractivity contribution in [3.63, 3.8) is 0 Å². The van der Waals surface area contributed by atoms with Gasteiger partial charge in [0.05, 0.1) is 23.2 Å². The molecule has 0 saturated heterocycles. The number of hydrogen-bond donors (Lipinski definition) is 11. The molecule has 400 valence electrons. The summed E-state index contributed by atoms with van der Waals surface area (Å²) in [5.74, 6) is -15.6. The van der Waals surface area contributed by atoms with Crippen LogP contribution >= 0.6 is 97.1 Å². The van der Waals surface area contributed by atoms with Crippen LogP contribution in [0, 0.1) is 27.2 Å². The third-order valence-corrected chi connectivity index (χ3v) is 14.3. The van der Waals surface area contributed by atoms with E-state index in [9.17, 15) is 82.8 Å². The Labute approximate surface area is 479 Å². The zero-order chi connectivity index (χ0) is 55.9. The molecular weight excluding hydrogens is 1660 g/mol. The number of carbonyl (C=O) groups excluding carboxylic acids is 6. The maximum absolute atomic E-state index is 13.6. The Hall–Kier alpha value is -2.70. The maximum Gasteiger partial charge on any atom is 0.490 e. The number of amides is 2. The molecule has 6 aliphatic rings. The van der Waals surface area contributed by atoms with Crippen LogP contribution < -0.4 is 24.7 Å². The molecule has 2 aromatic carbocycles. The van der Waals surface area contributed by atoms with Gasteiger partial charge in [-0.05, 0) is 118 Å². The Morgan fingerprint density at radius 1 is 0.685 bits per heavy atom. The van der Waals surface area contributed by atoms with Crippen LogP contribution in [0.5, 0.6) is 11.5 Å². The quantitative estimate of drug-likeness (QED) is 0.153. The van der Waals surface area contributed by atoms with Gasteiger partial charge in [-0.15, -0.1) is 0 Å². The number of halogens is 9. The summed E-state index contributed by atoms with van der Waals surface area (Å²) in [6, 6.07) is 5.62. The molecule has 0 radical (unpaired) electrons. The molecule has 0 aromatic heterocycles. The van der Waals surface area contributed by atoms with Gasteiger partial charge in [-0.25, -0.2) is 4.79 Å². The molecule has 0 bridgehead atoms. The molecule has 29 heteroatoms. The average Bonchev–Trinajstić information content (AvgIpc) is 3.28. The normalized spacial score (nSPS) is 27.0. The Balaban J connectivity index is 0.000000260. The van der Waals surface area contributed by atoms with E-state index in [4.69, 9.17) is 21.4 Å². The third kappa shape index (κ3) is 11.3. The van der Waals surface area contributed by atoms with Crippen molar-refractivity contribution in [1.82, 2.24) is 9.80 Å². The van der Waals surface area contributed by atoms with E-state index in [1.54, 1.807) is 46.4 Å². The summed E-state index contributed by atoms with van der Waals surface area (Å²) in [4.78, 5) is 88.5. The van der Waals surface area contributed by atoms with Crippen LogP contribution in [-0.4, -0.2) is 154 Å². The molecule has 0 spiro atoms. The molecule has 2 amide bonds. The summed E-state index contributed by atoms with van der Waals surface area (Å²) < 4.78 is 32.5. The fourth-order valence-electron chi connectivity index (χ4n) is 10.4. The SMILES string of the molecule is CN(C)[C@@H]1C(=O)C(C(N)=O)=C(O)[C@@]2(O)C(=O)C3=C(O)c4c(O)ccc(I)c4C[C@H]3C[C@@H]12.CN(C)[C@@H]1C(=O)C(C(N)=O)=C(O)[C@@]2(O)C(=O)C3=C(O)c4c(O)cccc4C[C@H]3C[C@@H]12.II.I[I-]I.O=C(O)C(F)(F)F. The number of Topliss-reactive ketones (excluding diaryl/α,β-unsaturated/α-hetero) is 4. The fourth-order valence-corrected chi connectivity index (χ4v) is 11.1. The van der Waals surface area contributed by atoms with Crippen molar-refractivity contribution in [2.24, 2.45) is 35.1 Å². The van der Waals surface area contributed by atoms with Gasteiger partial charge in [0.2, 0.25) is 11.6 Å². The maximum atomic E-state index is 13.6. The van der Waals surface area contributed by atoms with Crippen molar-refractivity contribution in [3.8, 4) is 11.5 Å². The summed E-state index contributed by atoms with van der Waals surface area (Å²) in [6.45, 7) is 0. The number of alkyl halides is 3. The average molecular weight is 1700 g/mol. The van der Waals surface area contributed by atoms with Gasteiger partial charge in [-0.1, -0.05) is 12.1 Å². The Morgan fingerprint density at radius 3 is 1.42 bits per heavy atom. The number of carboxylic acids is 1. The minimum absolute atomic E-state index is 0.0809. The first-order chi connectivity index (χ1) is 33.8. The molecule has 13 N–H and O–H groups in total. The molecule has 20 nitrogen and oxygen atoms in total. The molecule has 0 aliphatic heterocycles. The molecular formula is C44H44F3I6N4O16-. The van der Waals surface area contributed by atoms with Crippen LogP contribution in [-0.2, 0) is 46.4 Å². The zero-order valence-corrected chi connectivity index (χ0v) is 51.0. The molecule has 8 atom stereocenters. The van der Waals surface area contributed by atoms with Crippen molar-refractivity contribution in [1.29, 1.82) is 0 Å². The fraction of sp³-hybridized carbons (Fsp3) is 0.386. The standard InChI is InChI=1S/C21H21IN2O7.C21H22N2O7.C2HF3O2.I3.I2/c1-24(2)15-9-6-7-5-8-10(22)3-4-11(25)13(8)16(26)12(7)18(28)21(9,31)19(29)14(17(15)27)20(23)30;1-23(2)15-10-7-9-6-8-4-3-5-11(24)12(8)16(25)13(9)18(27)21(10,30)19(28)14(17(15)26)20(22)29;3-2(4,5)1(6)7;1-3-2;1-2/h3-4,7,9,15,25-26,29,31H,5-6H2,1-2H3,(H2,23,30);3-5,9-10,15,24-25,28,30H,6-7H2,1-2H3,(H2,22,29);(H,6,7);;/q;;;-1;/t7-,9-,15-,21-;9-,10-,15-,21-;;;/m00.../s1. The molecule has 0 heterocycles. The van der Waals surface area contributed by atoms with Gasteiger partial charge in [0, 0.05) is 63.8 Å². The van der Waals surface area contributed by atoms with E-state index < -0.39 is 128 Å². The number of nitrogens with two attached hydrogens (primary N) is 2. The van der Waals surface area contributed by atoms with E-state index in [0.717, 1.165) is 3.57 Å². The van der Waals surface area contributed by atoms with E-state index in [-0.39, 0.29) is 46.6 Å². The van der Waals surface area contributed by atoms with E-state index in [1.807, 2.05) is 0 Å². The number of nitrogens with zero attached hydrogens (tertiary/aromatic N) is 2. The molecule has 2 aromatic rings. The Kier molecular flexibility index (Phi) is 20.9. The van der Waals surface area contributed by atoms with Crippen LogP contribution in [0.15, 0.2) is 64.1 Å². The number of aliphatic hydroxyl groups excluding tert-OH is 4. The van der Waals surface area contributed by atoms with Gasteiger partial charge in [-0.2, -0.15) is 13.2 Å². The molecule has 2 saturated carbocycles. The van der Waals surface area contributed by atoms with Gasteiger partial charge in [-0.3, -0.25) is 38.6 Å². The number of phenols is 2. The molecule has 2 fully saturated rings. The van der Waals surface area contributed by atoms with Crippen molar-refractivity contribution in [3.05, 3.63) is 90.0 Å². The topological polar surface area (TPSA) is 360 Å². The number of carbonyl (C=O) groups is 7. The predicted octanol–water partition coefficient (Wildman–Crippen LogP) is 1.71. The van der Waals surface area contributed by atoms with Gasteiger partial charge >= 0.3 is 62.6 Å². The molecule has 0 unspecified atom stereocenters. The second kappa shape index (κ2) is 24.3. The molecule has 8 rings (SSSR count). The number of ketones is 4. The summed E-state index contributed by atoms with van der Waals surface area (Å²) in [7, 11) is 6.25. The number of carboxylic acid groups (broad SMARTS) is 1. The number of fused-ring (bicyclic) bond motifs is 6. The van der Waals surface area contributed by atoms with Gasteiger partial charge in [0.15, 0.2) is 22.8 Å². The second-order valence-corrected chi connectivity index (χ2v) is 34.9. The largest absolute Gasteiger partial charge is 0.490 e. The summed E-state index contributed by atoms with van der Waals surface area (Å²) >= 11 is 11.6. The first kappa shape index (κ1) is 62.8. The Morgan fingerprint density at radius 2 is 1.05 bits per heavy atom. The van der Waals surface area contributed by atoms with Crippen LogP contribution in [0.4, 0.5) is 13.2 Å². The number of rotatable bonds is 4. The van der Waals surface area contributed by atoms with E-state index in [2.05, 4.69) is 97.1 Å². The van der Waals surface area contributed by atoms with Crippen molar-refractivity contribution < 1.29 is 106 Å². The summed E-state index contributed by atoms with van der Waals surface area (Å²) in [5.41, 5.74) is 4.87. The zero-order valence-electron chi connectivity index (χ0n) is 38.0. The number of aliphatic hydroxyl groups is 6. The number of likely N-dealkylation sites (N-methyl/N-ethyl adjacent to an activating group) is 2. The van der Waals surface area contributed by atoms with E-state index in [1.165, 1.54) is 21.9 Å². The molecule has 6 aliphatic carbocycles. The first-order valence-electron chi connectivity index (χ1n) is 20.7. The van der Waals surface area contributed by atoms with E-state index in [0.29, 0.717) is 37.2 Å². The van der Waals surface area contributed by atoms with Crippen LogP contribution in [0.1, 0.15) is 35.1 Å². The second-order valence-electron chi connectivity index (χ2n) is 17.5. The van der Waals surface area contributed by atoms with Gasteiger partial charge in [0.1, 0.15) is 45.7 Å². The molecule has 73 heavy (non-hydrogen) atoms. The van der Waals surface area contributed by atoms with Gasteiger partial charge in [0.25, 0.3) is 11.8 Å². The summed E-state index contributed by atoms with van der Waals surface area (Å²) in [6.07, 6.45) is -4.33. The van der Waals surface area contributed by atoms with Crippen molar-refractivity contribution in [2.75, 3.05) is 28.2 Å². The van der Waals surface area contributed by atoms with Crippen molar-refractivity contribution >= 4 is 149 Å². The third-order valence-electron chi connectivity index (χ3n) is 13.2. The minimum Gasteiger partial charge on any atom is -0.475 e. The Bertz CT molecular complexity index is 2800. The number of aliphatic carboxylic acids is 1. The van der Waals surface area contributed by atoms with Crippen molar-refractivity contribution in [2.45, 2.75) is 55.1 Å².